The van der Waals surface area contributed by atoms with Gasteiger partial charge in [0.05, 0.1) is 0 Å². The third-order valence-electron chi connectivity index (χ3n) is 3.23. The summed E-state index contributed by atoms with van der Waals surface area (Å²) in [7, 11) is 0. The Morgan fingerprint density at radius 2 is 2.08 bits per heavy atom. The lowest BCUT2D eigenvalue weighted by Gasteiger charge is -2.07. The standard InChI is InChI=1S/C17H16N4O3/c1-12-20-16(21-24-12)11-23-15-6-4-14(5-7-15)17(22)19-10-13-3-2-8-18-9-13/h2-9H,10-11H2,1H3,(H,19,22). The summed E-state index contributed by atoms with van der Waals surface area (Å²) in [4.78, 5) is 20.2. The van der Waals surface area contributed by atoms with Crippen molar-refractivity contribution in [3.63, 3.8) is 0 Å². The number of nitrogens with one attached hydrogen (secondary N) is 1. The maximum Gasteiger partial charge on any atom is 0.251 e. The van der Waals surface area contributed by atoms with E-state index < -0.39 is 0 Å². The number of carbonyl (C=O) groups is 1. The quantitative estimate of drug-likeness (QED) is 0.748. The summed E-state index contributed by atoms with van der Waals surface area (Å²) in [5.41, 5.74) is 1.50. The predicted molar refractivity (Wildman–Crippen MR) is 85.2 cm³/mol. The Kier molecular flexibility index (Phi) is 4.81. The Labute approximate surface area is 138 Å². The highest BCUT2D eigenvalue weighted by Crippen LogP contribution is 2.13. The summed E-state index contributed by atoms with van der Waals surface area (Å²) in [6.45, 7) is 2.36. The molecule has 122 valence electrons. The summed E-state index contributed by atoms with van der Waals surface area (Å²) >= 11 is 0. The number of aryl methyl sites for hydroxylation is 1. The molecule has 3 aromatic rings. The van der Waals surface area contributed by atoms with Crippen molar-refractivity contribution in [2.24, 2.45) is 0 Å². The fourth-order valence-corrected chi connectivity index (χ4v) is 2.04. The van der Waals surface area contributed by atoms with Crippen molar-refractivity contribution in [1.29, 1.82) is 0 Å². The van der Waals surface area contributed by atoms with E-state index in [0.29, 0.717) is 29.6 Å². The molecular weight excluding hydrogens is 308 g/mol. The first-order valence-electron chi connectivity index (χ1n) is 7.40. The second-order valence-electron chi connectivity index (χ2n) is 5.09. The molecule has 2 heterocycles. The number of nitrogens with zero attached hydrogens (tertiary/aromatic N) is 3. The molecule has 0 fully saturated rings. The van der Waals surface area contributed by atoms with E-state index in [9.17, 15) is 4.79 Å². The molecular formula is C17H16N4O3. The monoisotopic (exact) mass is 324 g/mol. The molecule has 7 nitrogen and oxygen atoms in total. The molecule has 7 heteroatoms. The zero-order valence-corrected chi connectivity index (χ0v) is 13.1. The minimum atomic E-state index is -0.154. The van der Waals surface area contributed by atoms with Gasteiger partial charge in [-0.3, -0.25) is 9.78 Å². The lowest BCUT2D eigenvalue weighted by Crippen LogP contribution is -2.22. The Bertz CT molecular complexity index is 800. The highest BCUT2D eigenvalue weighted by Gasteiger charge is 2.07. The normalized spacial score (nSPS) is 10.4. The number of benzene rings is 1. The van der Waals surface area contributed by atoms with Crippen LogP contribution in [0.2, 0.25) is 0 Å². The van der Waals surface area contributed by atoms with Gasteiger partial charge in [0.1, 0.15) is 5.75 Å². The van der Waals surface area contributed by atoms with Crippen LogP contribution in [-0.4, -0.2) is 21.0 Å². The molecule has 0 saturated carbocycles. The second kappa shape index (κ2) is 7.36. The van der Waals surface area contributed by atoms with Crippen LogP contribution < -0.4 is 10.1 Å². The molecule has 0 spiro atoms. The van der Waals surface area contributed by atoms with Gasteiger partial charge in [0, 0.05) is 31.4 Å². The smallest absolute Gasteiger partial charge is 0.251 e. The third kappa shape index (κ3) is 4.16. The van der Waals surface area contributed by atoms with Gasteiger partial charge < -0.3 is 14.6 Å². The van der Waals surface area contributed by atoms with Crippen molar-refractivity contribution < 1.29 is 14.1 Å². The molecule has 2 aromatic heterocycles. The van der Waals surface area contributed by atoms with Crippen molar-refractivity contribution in [3.05, 3.63) is 71.6 Å². The van der Waals surface area contributed by atoms with Crippen LogP contribution in [0.25, 0.3) is 0 Å². The van der Waals surface area contributed by atoms with Crippen LogP contribution in [0.1, 0.15) is 27.6 Å². The molecule has 3 rings (SSSR count). The largest absolute Gasteiger partial charge is 0.485 e. The Balaban J connectivity index is 1.52. The maximum atomic E-state index is 12.1. The van der Waals surface area contributed by atoms with Gasteiger partial charge in [-0.25, -0.2) is 0 Å². The SMILES string of the molecule is Cc1nc(COc2ccc(C(=O)NCc3cccnc3)cc2)no1. The number of pyridine rings is 1. The Hall–Kier alpha value is -3.22. The van der Waals surface area contributed by atoms with Crippen molar-refractivity contribution in [1.82, 2.24) is 20.4 Å². The minimum Gasteiger partial charge on any atom is -0.485 e. The predicted octanol–water partition coefficient (Wildman–Crippen LogP) is 2.28. The summed E-state index contributed by atoms with van der Waals surface area (Å²) in [6, 6.07) is 10.6. The van der Waals surface area contributed by atoms with Crippen LogP contribution in [0.4, 0.5) is 0 Å². The first kappa shape index (κ1) is 15.7. The summed E-state index contributed by atoms with van der Waals surface area (Å²) < 4.78 is 10.4. The van der Waals surface area contributed by atoms with Crippen LogP contribution in [-0.2, 0) is 13.2 Å². The molecule has 0 aliphatic heterocycles. The van der Waals surface area contributed by atoms with Gasteiger partial charge in [-0.05, 0) is 35.9 Å². The second-order valence-corrected chi connectivity index (χ2v) is 5.09. The first-order chi connectivity index (χ1) is 11.7. The van der Waals surface area contributed by atoms with Gasteiger partial charge in [-0.15, -0.1) is 0 Å². The number of aromatic nitrogens is 3. The van der Waals surface area contributed by atoms with Gasteiger partial charge in [-0.1, -0.05) is 11.2 Å². The minimum absolute atomic E-state index is 0.154. The maximum absolute atomic E-state index is 12.1. The van der Waals surface area contributed by atoms with E-state index >= 15 is 0 Å². The van der Waals surface area contributed by atoms with Crippen LogP contribution >= 0.6 is 0 Å². The molecule has 24 heavy (non-hydrogen) atoms. The van der Waals surface area contributed by atoms with E-state index in [1.807, 2.05) is 12.1 Å². The molecule has 0 aliphatic carbocycles. The third-order valence-corrected chi connectivity index (χ3v) is 3.23. The summed E-state index contributed by atoms with van der Waals surface area (Å²) in [6.07, 6.45) is 3.41. The average molecular weight is 324 g/mol. The number of carbonyl (C=O) groups excluding carboxylic acids is 1. The fraction of sp³-hybridized carbons (Fsp3) is 0.176. The molecule has 1 amide bonds. The van der Waals surface area contributed by atoms with Gasteiger partial charge in [0.25, 0.3) is 5.91 Å². The van der Waals surface area contributed by atoms with Crippen LogP contribution in [0.15, 0.2) is 53.3 Å². The summed E-state index contributed by atoms with van der Waals surface area (Å²) in [5.74, 6) is 1.44. The van der Waals surface area contributed by atoms with Gasteiger partial charge in [0.15, 0.2) is 6.61 Å². The Morgan fingerprint density at radius 1 is 1.25 bits per heavy atom. The van der Waals surface area contributed by atoms with E-state index in [-0.39, 0.29) is 12.5 Å². The molecule has 0 aliphatic rings. The van der Waals surface area contributed by atoms with Gasteiger partial charge in [-0.2, -0.15) is 4.98 Å². The topological polar surface area (TPSA) is 90.1 Å². The molecule has 0 radical (unpaired) electrons. The molecule has 1 N–H and O–H groups in total. The molecule has 0 saturated heterocycles. The van der Waals surface area contributed by atoms with Crippen molar-refractivity contribution in [2.45, 2.75) is 20.1 Å². The van der Waals surface area contributed by atoms with E-state index in [0.717, 1.165) is 5.56 Å². The van der Waals surface area contributed by atoms with Crippen LogP contribution in [0.5, 0.6) is 5.75 Å². The number of hydrogen-bond donors (Lipinski definition) is 1. The lowest BCUT2D eigenvalue weighted by molar-refractivity contribution is 0.0951. The highest BCUT2D eigenvalue weighted by molar-refractivity contribution is 5.94. The number of amides is 1. The van der Waals surface area contributed by atoms with Crippen LogP contribution in [0.3, 0.4) is 0 Å². The Morgan fingerprint density at radius 3 is 2.75 bits per heavy atom. The molecule has 1 aromatic carbocycles. The van der Waals surface area contributed by atoms with E-state index in [1.54, 1.807) is 43.6 Å². The lowest BCUT2D eigenvalue weighted by atomic mass is 10.2. The first-order valence-corrected chi connectivity index (χ1v) is 7.40. The average Bonchev–Trinajstić information content (AvgIpc) is 3.04. The molecule has 0 unspecified atom stereocenters. The zero-order chi connectivity index (χ0) is 16.8. The number of ether oxygens (including phenoxy) is 1. The van der Waals surface area contributed by atoms with Crippen LogP contribution in [0, 0.1) is 6.92 Å². The van der Waals surface area contributed by atoms with Crippen molar-refractivity contribution >= 4 is 5.91 Å². The van der Waals surface area contributed by atoms with Crippen molar-refractivity contribution in [2.75, 3.05) is 0 Å². The zero-order valence-electron chi connectivity index (χ0n) is 13.1. The van der Waals surface area contributed by atoms with E-state index in [4.69, 9.17) is 9.26 Å². The summed E-state index contributed by atoms with van der Waals surface area (Å²) in [5, 5.41) is 6.59. The van der Waals surface area contributed by atoms with Gasteiger partial charge >= 0.3 is 0 Å². The number of hydrogen-bond acceptors (Lipinski definition) is 6. The van der Waals surface area contributed by atoms with Crippen molar-refractivity contribution in [3.8, 4) is 5.75 Å². The molecule has 0 atom stereocenters. The number of rotatable bonds is 6. The highest BCUT2D eigenvalue weighted by atomic mass is 16.5. The van der Waals surface area contributed by atoms with E-state index in [1.165, 1.54) is 0 Å². The van der Waals surface area contributed by atoms with E-state index in [2.05, 4.69) is 20.4 Å². The molecule has 0 bridgehead atoms. The van der Waals surface area contributed by atoms with Gasteiger partial charge in [0.2, 0.25) is 11.7 Å². The fourth-order valence-electron chi connectivity index (χ4n) is 2.04.